The molecule has 2 aromatic carbocycles. The Bertz CT molecular complexity index is 906. The number of benzene rings is 2. The number of nitrogens with two attached hydrogens (primary N) is 1. The van der Waals surface area contributed by atoms with Crippen molar-refractivity contribution < 1.29 is 13.2 Å². The summed E-state index contributed by atoms with van der Waals surface area (Å²) in [7, 11) is -3.68. The van der Waals surface area contributed by atoms with Crippen molar-refractivity contribution in [2.45, 2.75) is 38.1 Å². The van der Waals surface area contributed by atoms with Crippen molar-refractivity contribution in [3.05, 3.63) is 53.6 Å². The minimum Gasteiger partial charge on any atom is -0.399 e. The molecule has 0 saturated heterocycles. The van der Waals surface area contributed by atoms with Crippen LogP contribution in [0.5, 0.6) is 0 Å². The third-order valence-electron chi connectivity index (χ3n) is 3.35. The van der Waals surface area contributed by atoms with E-state index in [0.717, 1.165) is 5.56 Å². The van der Waals surface area contributed by atoms with Crippen molar-refractivity contribution in [3.8, 4) is 0 Å². The Labute approximate surface area is 160 Å². The molecule has 0 aliphatic heterocycles. The van der Waals surface area contributed by atoms with Gasteiger partial charge in [-0.25, -0.2) is 13.1 Å². The van der Waals surface area contributed by atoms with Crippen LogP contribution in [-0.2, 0) is 10.0 Å². The fourth-order valence-corrected chi connectivity index (χ4v) is 3.75. The average molecular weight is 398 g/mol. The number of carbonyl (C=O) groups is 1. The SMILES string of the molecule is Cc1ccc(N)cc1C(=O)Nc1cccc(S(=O)(=O)NC(C)(C)C)c1.Cl. The molecule has 8 heteroatoms. The van der Waals surface area contributed by atoms with Crippen LogP contribution in [0, 0.1) is 6.92 Å². The Balaban J connectivity index is 0.00000338. The predicted molar refractivity (Wildman–Crippen MR) is 107 cm³/mol. The highest BCUT2D eigenvalue weighted by Gasteiger charge is 2.22. The Kier molecular flexibility index (Phi) is 6.82. The largest absolute Gasteiger partial charge is 0.399 e. The molecular weight excluding hydrogens is 374 g/mol. The van der Waals surface area contributed by atoms with Crippen molar-refractivity contribution in [3.63, 3.8) is 0 Å². The quantitative estimate of drug-likeness (QED) is 0.688. The number of hydrogen-bond donors (Lipinski definition) is 3. The zero-order chi connectivity index (χ0) is 18.8. The van der Waals surface area contributed by atoms with Crippen LogP contribution in [0.2, 0.25) is 0 Å². The van der Waals surface area contributed by atoms with E-state index in [2.05, 4.69) is 10.0 Å². The molecule has 6 nitrogen and oxygen atoms in total. The molecule has 4 N–H and O–H groups in total. The van der Waals surface area contributed by atoms with Gasteiger partial charge < -0.3 is 11.1 Å². The molecule has 2 aromatic rings. The van der Waals surface area contributed by atoms with Crippen molar-refractivity contribution in [2.75, 3.05) is 11.1 Å². The summed E-state index contributed by atoms with van der Waals surface area (Å²) < 4.78 is 27.4. The number of rotatable bonds is 4. The van der Waals surface area contributed by atoms with Gasteiger partial charge in [0.2, 0.25) is 10.0 Å². The second kappa shape index (κ2) is 8.07. The van der Waals surface area contributed by atoms with E-state index in [1.54, 1.807) is 51.1 Å². The lowest BCUT2D eigenvalue weighted by Gasteiger charge is -2.20. The smallest absolute Gasteiger partial charge is 0.256 e. The standard InChI is InChI=1S/C18H23N3O3S.ClH/c1-12-8-9-13(19)10-16(12)17(22)20-14-6-5-7-15(11-14)25(23,24)21-18(2,3)4;/h5-11,21H,19H2,1-4H3,(H,20,22);1H. The fraction of sp³-hybridized carbons (Fsp3) is 0.278. The van der Waals surface area contributed by atoms with Crippen LogP contribution >= 0.6 is 12.4 Å². The van der Waals surface area contributed by atoms with E-state index in [1.165, 1.54) is 12.1 Å². The number of sulfonamides is 1. The second-order valence-electron chi connectivity index (χ2n) is 6.91. The summed E-state index contributed by atoms with van der Waals surface area (Å²) in [6, 6.07) is 11.2. The normalized spacial score (nSPS) is 11.5. The summed E-state index contributed by atoms with van der Waals surface area (Å²) >= 11 is 0. The van der Waals surface area contributed by atoms with Gasteiger partial charge in [-0.15, -0.1) is 12.4 Å². The first kappa shape index (κ1) is 22.0. The maximum Gasteiger partial charge on any atom is 0.256 e. The molecule has 0 bridgehead atoms. The summed E-state index contributed by atoms with van der Waals surface area (Å²) in [6.07, 6.45) is 0. The topological polar surface area (TPSA) is 101 Å². The number of aryl methyl sites for hydroxylation is 1. The van der Waals surface area contributed by atoms with Gasteiger partial charge in [0.25, 0.3) is 5.91 Å². The molecule has 0 spiro atoms. The van der Waals surface area contributed by atoms with Crippen molar-refractivity contribution in [1.82, 2.24) is 4.72 Å². The minimum atomic E-state index is -3.68. The van der Waals surface area contributed by atoms with Gasteiger partial charge in [0.05, 0.1) is 4.90 Å². The van der Waals surface area contributed by atoms with E-state index < -0.39 is 15.6 Å². The highest BCUT2D eigenvalue weighted by atomic mass is 35.5. The molecule has 0 saturated carbocycles. The highest BCUT2D eigenvalue weighted by molar-refractivity contribution is 7.89. The minimum absolute atomic E-state index is 0. The maximum absolute atomic E-state index is 12.4. The molecular formula is C18H24ClN3O3S. The number of nitrogens with one attached hydrogen (secondary N) is 2. The van der Waals surface area contributed by atoms with Crippen LogP contribution in [0.25, 0.3) is 0 Å². The molecule has 26 heavy (non-hydrogen) atoms. The van der Waals surface area contributed by atoms with E-state index in [0.29, 0.717) is 16.9 Å². The molecule has 142 valence electrons. The summed E-state index contributed by atoms with van der Waals surface area (Å²) in [5, 5.41) is 2.71. The van der Waals surface area contributed by atoms with Crippen LogP contribution in [-0.4, -0.2) is 19.9 Å². The van der Waals surface area contributed by atoms with Crippen LogP contribution in [0.15, 0.2) is 47.4 Å². The first-order chi connectivity index (χ1) is 11.5. The molecule has 0 aliphatic rings. The van der Waals surface area contributed by atoms with Gasteiger partial charge in [0.15, 0.2) is 0 Å². The summed E-state index contributed by atoms with van der Waals surface area (Å²) in [4.78, 5) is 12.5. The first-order valence-electron chi connectivity index (χ1n) is 7.79. The summed E-state index contributed by atoms with van der Waals surface area (Å²) in [5.74, 6) is -0.344. The number of anilines is 2. The Morgan fingerprint density at radius 3 is 2.35 bits per heavy atom. The molecule has 0 heterocycles. The molecule has 0 unspecified atom stereocenters. The van der Waals surface area contributed by atoms with Crippen LogP contribution in [0.4, 0.5) is 11.4 Å². The number of hydrogen-bond acceptors (Lipinski definition) is 4. The third-order valence-corrected chi connectivity index (χ3v) is 5.10. The van der Waals surface area contributed by atoms with E-state index >= 15 is 0 Å². The van der Waals surface area contributed by atoms with Crippen LogP contribution < -0.4 is 15.8 Å². The van der Waals surface area contributed by atoms with Crippen molar-refractivity contribution >= 4 is 39.7 Å². The zero-order valence-electron chi connectivity index (χ0n) is 15.2. The third kappa shape index (κ3) is 5.72. The van der Waals surface area contributed by atoms with E-state index in [4.69, 9.17) is 5.73 Å². The van der Waals surface area contributed by atoms with Crippen molar-refractivity contribution in [2.24, 2.45) is 0 Å². The van der Waals surface area contributed by atoms with Gasteiger partial charge in [-0.3, -0.25) is 4.79 Å². The summed E-state index contributed by atoms with van der Waals surface area (Å²) in [5.41, 5.74) is 7.24. The number of carbonyl (C=O) groups excluding carboxylic acids is 1. The monoisotopic (exact) mass is 397 g/mol. The highest BCUT2D eigenvalue weighted by Crippen LogP contribution is 2.19. The van der Waals surface area contributed by atoms with Crippen LogP contribution in [0.3, 0.4) is 0 Å². The maximum atomic E-state index is 12.4. The second-order valence-corrected chi connectivity index (χ2v) is 8.59. The van der Waals surface area contributed by atoms with Crippen LogP contribution in [0.1, 0.15) is 36.7 Å². The number of nitrogen functional groups attached to an aromatic ring is 1. The molecule has 1 amide bonds. The Hall–Kier alpha value is -2.09. The summed E-state index contributed by atoms with van der Waals surface area (Å²) in [6.45, 7) is 7.10. The molecule has 0 aromatic heterocycles. The molecule has 0 atom stereocenters. The van der Waals surface area contributed by atoms with Crippen molar-refractivity contribution in [1.29, 1.82) is 0 Å². The average Bonchev–Trinajstić information content (AvgIpc) is 2.47. The molecule has 0 aliphatic carbocycles. The number of halogens is 1. The fourth-order valence-electron chi connectivity index (χ4n) is 2.29. The number of amides is 1. The lowest BCUT2D eigenvalue weighted by molar-refractivity contribution is 0.102. The molecule has 0 fully saturated rings. The van der Waals surface area contributed by atoms with Gasteiger partial charge in [-0.2, -0.15) is 0 Å². The Morgan fingerprint density at radius 2 is 1.73 bits per heavy atom. The van der Waals surface area contributed by atoms with E-state index in [9.17, 15) is 13.2 Å². The van der Waals surface area contributed by atoms with Gasteiger partial charge in [0, 0.05) is 22.5 Å². The molecule has 2 rings (SSSR count). The van der Waals surface area contributed by atoms with E-state index in [-0.39, 0.29) is 23.2 Å². The van der Waals surface area contributed by atoms with E-state index in [1.807, 2.05) is 6.92 Å². The Morgan fingerprint density at radius 1 is 1.08 bits per heavy atom. The van der Waals surface area contributed by atoms with Gasteiger partial charge in [0.1, 0.15) is 0 Å². The van der Waals surface area contributed by atoms with Gasteiger partial charge >= 0.3 is 0 Å². The van der Waals surface area contributed by atoms with Gasteiger partial charge in [-0.05, 0) is 63.6 Å². The lowest BCUT2D eigenvalue weighted by atomic mass is 10.1. The first-order valence-corrected chi connectivity index (χ1v) is 9.28. The zero-order valence-corrected chi connectivity index (χ0v) is 16.8. The predicted octanol–water partition coefficient (Wildman–Crippen LogP) is 3.33. The van der Waals surface area contributed by atoms with Gasteiger partial charge in [-0.1, -0.05) is 12.1 Å². The lowest BCUT2D eigenvalue weighted by Crippen LogP contribution is -2.40. The molecule has 0 radical (unpaired) electrons.